The maximum atomic E-state index is 12.3. The molecule has 1 aliphatic heterocycles. The topological polar surface area (TPSA) is 74.2 Å². The predicted molar refractivity (Wildman–Crippen MR) is 100 cm³/mol. The lowest BCUT2D eigenvalue weighted by Gasteiger charge is -2.26. The fourth-order valence-electron chi connectivity index (χ4n) is 2.47. The lowest BCUT2D eigenvalue weighted by molar-refractivity contribution is 0.115. The standard InChI is InChI=1S/C15H30N4O3S2/c1-16-15(18(2)6-9-22-13-14-3-4-14)17-5-12-24(20,21)19-7-10-23-11-8-19/h14H,3-13H2,1-2H3,(H,16,17). The molecule has 0 atom stereocenters. The summed E-state index contributed by atoms with van der Waals surface area (Å²) in [5.74, 6) is 3.35. The average Bonchev–Trinajstić information content (AvgIpc) is 3.40. The highest BCUT2D eigenvalue weighted by atomic mass is 32.2. The number of hydrogen-bond acceptors (Lipinski definition) is 5. The first kappa shape index (κ1) is 19.8. The van der Waals surface area contributed by atoms with E-state index in [-0.39, 0.29) is 5.75 Å². The van der Waals surface area contributed by atoms with Crippen LogP contribution in [-0.4, -0.2) is 94.3 Å². The third-order valence-corrected chi connectivity index (χ3v) is 7.02. The van der Waals surface area contributed by atoms with Crippen molar-refractivity contribution in [2.45, 2.75) is 12.8 Å². The van der Waals surface area contributed by atoms with E-state index in [1.54, 1.807) is 23.1 Å². The minimum absolute atomic E-state index is 0.0999. The molecule has 140 valence electrons. The van der Waals surface area contributed by atoms with Crippen LogP contribution >= 0.6 is 11.8 Å². The summed E-state index contributed by atoms with van der Waals surface area (Å²) >= 11 is 1.81. The normalized spacial score (nSPS) is 20.2. The van der Waals surface area contributed by atoms with E-state index in [4.69, 9.17) is 4.74 Å². The third-order valence-electron chi connectivity index (χ3n) is 4.20. The number of thioether (sulfide) groups is 1. The molecule has 1 heterocycles. The molecule has 7 nitrogen and oxygen atoms in total. The van der Waals surface area contributed by atoms with Crippen LogP contribution in [0.2, 0.25) is 0 Å². The van der Waals surface area contributed by atoms with Gasteiger partial charge in [-0.3, -0.25) is 4.99 Å². The molecule has 24 heavy (non-hydrogen) atoms. The van der Waals surface area contributed by atoms with Crippen molar-refractivity contribution in [3.8, 4) is 0 Å². The maximum absolute atomic E-state index is 12.3. The van der Waals surface area contributed by atoms with Crippen molar-refractivity contribution >= 4 is 27.7 Å². The number of sulfonamides is 1. The van der Waals surface area contributed by atoms with Gasteiger partial charge < -0.3 is 15.0 Å². The number of hydrogen-bond donors (Lipinski definition) is 1. The quantitative estimate of drug-likeness (QED) is 0.353. The van der Waals surface area contributed by atoms with Crippen molar-refractivity contribution in [2.75, 3.05) is 70.7 Å². The fraction of sp³-hybridized carbons (Fsp3) is 0.933. The van der Waals surface area contributed by atoms with Crippen molar-refractivity contribution in [3.63, 3.8) is 0 Å². The zero-order valence-electron chi connectivity index (χ0n) is 14.7. The monoisotopic (exact) mass is 378 g/mol. The molecule has 0 aromatic heterocycles. The van der Waals surface area contributed by atoms with Gasteiger partial charge in [-0.05, 0) is 18.8 Å². The Morgan fingerprint density at radius 1 is 1.38 bits per heavy atom. The Morgan fingerprint density at radius 2 is 2.08 bits per heavy atom. The highest BCUT2D eigenvalue weighted by molar-refractivity contribution is 7.99. The number of guanidine groups is 1. The van der Waals surface area contributed by atoms with Crippen molar-refractivity contribution < 1.29 is 13.2 Å². The van der Waals surface area contributed by atoms with Gasteiger partial charge in [0.2, 0.25) is 10.0 Å². The summed E-state index contributed by atoms with van der Waals surface area (Å²) < 4.78 is 31.9. The van der Waals surface area contributed by atoms with E-state index in [1.165, 1.54) is 12.8 Å². The highest BCUT2D eigenvalue weighted by Crippen LogP contribution is 2.28. The zero-order valence-corrected chi connectivity index (χ0v) is 16.4. The van der Waals surface area contributed by atoms with Crippen LogP contribution in [-0.2, 0) is 14.8 Å². The number of nitrogens with zero attached hydrogens (tertiary/aromatic N) is 3. The van der Waals surface area contributed by atoms with Crippen LogP contribution in [0.15, 0.2) is 4.99 Å². The largest absolute Gasteiger partial charge is 0.379 e. The van der Waals surface area contributed by atoms with Crippen LogP contribution in [0.3, 0.4) is 0 Å². The summed E-state index contributed by atoms with van der Waals surface area (Å²) in [4.78, 5) is 6.18. The van der Waals surface area contributed by atoms with Crippen LogP contribution in [0, 0.1) is 5.92 Å². The van der Waals surface area contributed by atoms with E-state index in [0.717, 1.165) is 30.6 Å². The molecule has 0 amide bonds. The Morgan fingerprint density at radius 3 is 2.71 bits per heavy atom. The molecule has 2 fully saturated rings. The fourth-order valence-corrected chi connectivity index (χ4v) is 4.96. The number of rotatable bonds is 9. The summed E-state index contributed by atoms with van der Waals surface area (Å²) in [6.45, 7) is 3.87. The SMILES string of the molecule is CN=C(NCCS(=O)(=O)N1CCSCC1)N(C)CCOCC1CC1. The molecule has 2 aliphatic rings. The van der Waals surface area contributed by atoms with Gasteiger partial charge in [0, 0.05) is 58.4 Å². The van der Waals surface area contributed by atoms with E-state index < -0.39 is 10.0 Å². The lowest BCUT2D eigenvalue weighted by atomic mass is 10.5. The van der Waals surface area contributed by atoms with Gasteiger partial charge in [-0.1, -0.05) is 0 Å². The van der Waals surface area contributed by atoms with E-state index >= 15 is 0 Å². The minimum atomic E-state index is -3.18. The summed E-state index contributed by atoms with van der Waals surface area (Å²) in [6, 6.07) is 0. The van der Waals surface area contributed by atoms with Gasteiger partial charge in [0.1, 0.15) is 0 Å². The molecule has 0 radical (unpaired) electrons. The number of aliphatic imine (C=N–C) groups is 1. The van der Waals surface area contributed by atoms with Crippen LogP contribution < -0.4 is 5.32 Å². The summed E-state index contributed by atoms with van der Waals surface area (Å²) in [6.07, 6.45) is 2.59. The maximum Gasteiger partial charge on any atom is 0.215 e. The smallest absolute Gasteiger partial charge is 0.215 e. The molecule has 0 aromatic rings. The Hall–Kier alpha value is -0.510. The van der Waals surface area contributed by atoms with E-state index in [1.807, 2.05) is 11.9 Å². The summed E-state index contributed by atoms with van der Waals surface area (Å²) in [5.41, 5.74) is 0. The molecule has 1 N–H and O–H groups in total. The Kier molecular flexibility index (Phi) is 8.12. The van der Waals surface area contributed by atoms with Crippen molar-refractivity contribution in [1.29, 1.82) is 0 Å². The lowest BCUT2D eigenvalue weighted by Crippen LogP contribution is -2.45. The van der Waals surface area contributed by atoms with Gasteiger partial charge in [-0.15, -0.1) is 0 Å². The van der Waals surface area contributed by atoms with Gasteiger partial charge in [-0.25, -0.2) is 12.7 Å². The Bertz CT molecular complexity index is 503. The molecule has 0 aromatic carbocycles. The van der Waals surface area contributed by atoms with Gasteiger partial charge in [0.05, 0.1) is 12.4 Å². The number of nitrogens with one attached hydrogen (secondary N) is 1. The molecular weight excluding hydrogens is 348 g/mol. The van der Waals surface area contributed by atoms with E-state index in [9.17, 15) is 8.42 Å². The Labute approximate surface area is 150 Å². The van der Waals surface area contributed by atoms with Crippen molar-refractivity contribution in [3.05, 3.63) is 0 Å². The molecule has 9 heteroatoms. The van der Waals surface area contributed by atoms with E-state index in [2.05, 4.69) is 10.3 Å². The third kappa shape index (κ3) is 6.78. The van der Waals surface area contributed by atoms with Crippen LogP contribution in [0.4, 0.5) is 0 Å². The van der Waals surface area contributed by atoms with Gasteiger partial charge in [-0.2, -0.15) is 11.8 Å². The average molecular weight is 379 g/mol. The zero-order chi connectivity index (χ0) is 17.4. The summed E-state index contributed by atoms with van der Waals surface area (Å²) in [7, 11) is 0.468. The highest BCUT2D eigenvalue weighted by Gasteiger charge is 2.24. The molecule has 1 saturated heterocycles. The number of likely N-dealkylation sites (N-methyl/N-ethyl adjacent to an activating group) is 1. The van der Waals surface area contributed by atoms with Crippen LogP contribution in [0.25, 0.3) is 0 Å². The molecule has 1 saturated carbocycles. The molecular formula is C15H30N4O3S2. The second kappa shape index (κ2) is 9.84. The number of ether oxygens (including phenoxy) is 1. The molecule has 1 aliphatic carbocycles. The minimum Gasteiger partial charge on any atom is -0.379 e. The van der Waals surface area contributed by atoms with Gasteiger partial charge >= 0.3 is 0 Å². The molecule has 2 rings (SSSR count). The second-order valence-electron chi connectivity index (χ2n) is 6.24. The second-order valence-corrected chi connectivity index (χ2v) is 9.55. The predicted octanol–water partition coefficient (Wildman–Crippen LogP) is 0.299. The Balaban J connectivity index is 1.65. The van der Waals surface area contributed by atoms with Crippen LogP contribution in [0.1, 0.15) is 12.8 Å². The summed E-state index contributed by atoms with van der Waals surface area (Å²) in [5, 5.41) is 3.14. The van der Waals surface area contributed by atoms with Gasteiger partial charge in [0.15, 0.2) is 5.96 Å². The molecule has 0 bridgehead atoms. The van der Waals surface area contributed by atoms with Crippen molar-refractivity contribution in [1.82, 2.24) is 14.5 Å². The first-order valence-corrected chi connectivity index (χ1v) is 11.3. The van der Waals surface area contributed by atoms with Crippen LogP contribution in [0.5, 0.6) is 0 Å². The van der Waals surface area contributed by atoms with E-state index in [0.29, 0.717) is 32.2 Å². The van der Waals surface area contributed by atoms with Crippen molar-refractivity contribution in [2.24, 2.45) is 10.9 Å². The van der Waals surface area contributed by atoms with Gasteiger partial charge in [0.25, 0.3) is 0 Å². The molecule has 0 unspecified atom stereocenters. The molecule has 0 spiro atoms. The first-order valence-electron chi connectivity index (χ1n) is 8.58. The first-order chi connectivity index (χ1) is 11.5.